The monoisotopic (exact) mass is 438 g/mol. The zero-order valence-corrected chi connectivity index (χ0v) is 19.9. The summed E-state index contributed by atoms with van der Waals surface area (Å²) < 4.78 is 0. The third-order valence-electron chi connectivity index (χ3n) is 6.89. The summed E-state index contributed by atoms with van der Waals surface area (Å²) in [4.78, 5) is 0.112. The van der Waals surface area contributed by atoms with Gasteiger partial charge in [0.05, 0.1) is 11.7 Å². The van der Waals surface area contributed by atoms with Crippen molar-refractivity contribution < 1.29 is 10.2 Å². The standard InChI is InChI=1S/C24H39BrO2/c1-14(2)19-9-8-16(5)22(15(3)4)23(19)20(26)12-17(6)18-10-11-24(7,27)21(25)13-18/h12,16,18,20-21,23,26-27H,8-11,13H2,1-7H3. The van der Waals surface area contributed by atoms with Gasteiger partial charge in [0, 0.05) is 10.7 Å². The van der Waals surface area contributed by atoms with Gasteiger partial charge in [-0.1, -0.05) is 56.8 Å². The van der Waals surface area contributed by atoms with Gasteiger partial charge in [-0.15, -0.1) is 0 Å². The molecule has 0 spiro atoms. The van der Waals surface area contributed by atoms with Gasteiger partial charge in [-0.05, 0) is 85.5 Å². The molecule has 2 N–H and O–H groups in total. The van der Waals surface area contributed by atoms with E-state index >= 15 is 0 Å². The van der Waals surface area contributed by atoms with Crippen LogP contribution in [-0.4, -0.2) is 26.7 Å². The van der Waals surface area contributed by atoms with E-state index in [0.29, 0.717) is 11.8 Å². The van der Waals surface area contributed by atoms with Gasteiger partial charge in [0.1, 0.15) is 0 Å². The number of aliphatic hydroxyl groups excluding tert-OH is 1. The molecule has 0 radical (unpaired) electrons. The molecule has 0 aromatic rings. The first-order valence-corrected chi connectivity index (χ1v) is 11.4. The maximum atomic E-state index is 11.3. The molecule has 3 heteroatoms. The Balaban J connectivity index is 2.30. The van der Waals surface area contributed by atoms with Gasteiger partial charge in [-0.3, -0.25) is 0 Å². The van der Waals surface area contributed by atoms with E-state index in [1.165, 1.54) is 34.3 Å². The second kappa shape index (κ2) is 8.97. The molecule has 2 nitrogen and oxygen atoms in total. The van der Waals surface area contributed by atoms with E-state index in [1.807, 2.05) is 6.92 Å². The lowest BCUT2D eigenvalue weighted by Gasteiger charge is -2.39. The minimum absolute atomic E-state index is 0.112. The molecule has 2 fully saturated rings. The summed E-state index contributed by atoms with van der Waals surface area (Å²) in [5.74, 6) is 1.07. The van der Waals surface area contributed by atoms with E-state index in [4.69, 9.17) is 0 Å². The zero-order valence-electron chi connectivity index (χ0n) is 18.3. The molecule has 6 atom stereocenters. The van der Waals surface area contributed by atoms with Crippen LogP contribution in [0.5, 0.6) is 0 Å². The summed E-state index contributed by atoms with van der Waals surface area (Å²) >= 11 is 3.67. The van der Waals surface area contributed by atoms with Crippen LogP contribution >= 0.6 is 15.9 Å². The highest BCUT2D eigenvalue weighted by Gasteiger charge is 2.38. The predicted octanol–water partition coefficient (Wildman–Crippen LogP) is 6.33. The molecule has 2 rings (SSSR count). The quantitative estimate of drug-likeness (QED) is 0.399. The van der Waals surface area contributed by atoms with Crippen LogP contribution in [0.2, 0.25) is 0 Å². The third kappa shape index (κ3) is 5.16. The van der Waals surface area contributed by atoms with Crippen LogP contribution in [0, 0.1) is 17.8 Å². The molecular weight excluding hydrogens is 400 g/mol. The summed E-state index contributed by atoms with van der Waals surface area (Å²) in [7, 11) is 0. The minimum Gasteiger partial charge on any atom is -0.389 e. The van der Waals surface area contributed by atoms with Gasteiger partial charge in [0.25, 0.3) is 0 Å². The van der Waals surface area contributed by atoms with Crippen LogP contribution in [0.15, 0.2) is 33.9 Å². The topological polar surface area (TPSA) is 40.5 Å². The van der Waals surface area contributed by atoms with Crippen LogP contribution in [0.3, 0.4) is 0 Å². The smallest absolute Gasteiger partial charge is 0.0826 e. The summed E-state index contributed by atoms with van der Waals surface area (Å²) in [6.07, 6.45) is 6.61. The Morgan fingerprint density at radius 3 is 2.30 bits per heavy atom. The van der Waals surface area contributed by atoms with Gasteiger partial charge < -0.3 is 10.2 Å². The van der Waals surface area contributed by atoms with Crippen molar-refractivity contribution in [2.45, 2.75) is 97.1 Å². The van der Waals surface area contributed by atoms with Crippen molar-refractivity contribution in [2.75, 3.05) is 0 Å². The fourth-order valence-electron chi connectivity index (χ4n) is 5.09. The molecule has 154 valence electrons. The summed E-state index contributed by atoms with van der Waals surface area (Å²) in [6, 6.07) is 0. The van der Waals surface area contributed by atoms with Crippen LogP contribution < -0.4 is 0 Å². The van der Waals surface area contributed by atoms with Crippen molar-refractivity contribution in [1.29, 1.82) is 0 Å². The van der Waals surface area contributed by atoms with Crippen LogP contribution in [0.4, 0.5) is 0 Å². The van der Waals surface area contributed by atoms with Crippen LogP contribution in [0.25, 0.3) is 0 Å². The number of rotatable bonds is 3. The second-order valence-electron chi connectivity index (χ2n) is 9.60. The van der Waals surface area contributed by atoms with E-state index in [2.05, 4.69) is 63.5 Å². The van der Waals surface area contributed by atoms with Gasteiger partial charge in [0.2, 0.25) is 0 Å². The van der Waals surface area contributed by atoms with E-state index in [9.17, 15) is 10.2 Å². The Morgan fingerprint density at radius 1 is 1.15 bits per heavy atom. The zero-order chi connectivity index (χ0) is 20.5. The van der Waals surface area contributed by atoms with Crippen LogP contribution in [0.1, 0.15) is 80.6 Å². The highest BCUT2D eigenvalue weighted by Crippen LogP contribution is 2.44. The SMILES string of the molecule is CC(=CC(O)C1C(=C(C)C)CCC(C)C1=C(C)C)C1CCC(C)(O)C(Br)C1. The molecule has 0 heterocycles. The van der Waals surface area contributed by atoms with Crippen molar-refractivity contribution in [3.05, 3.63) is 33.9 Å². The van der Waals surface area contributed by atoms with Crippen molar-refractivity contribution in [3.8, 4) is 0 Å². The van der Waals surface area contributed by atoms with Gasteiger partial charge in [0.15, 0.2) is 0 Å². The molecule has 27 heavy (non-hydrogen) atoms. The lowest BCUT2D eigenvalue weighted by Crippen LogP contribution is -2.41. The van der Waals surface area contributed by atoms with Crippen molar-refractivity contribution in [2.24, 2.45) is 17.8 Å². The average Bonchev–Trinajstić information content (AvgIpc) is 2.56. The fourth-order valence-corrected chi connectivity index (χ4v) is 5.77. The number of halogens is 1. The number of hydrogen-bond acceptors (Lipinski definition) is 2. The number of allylic oxidation sites excluding steroid dienone is 3. The van der Waals surface area contributed by atoms with Crippen molar-refractivity contribution in [1.82, 2.24) is 0 Å². The second-order valence-corrected chi connectivity index (χ2v) is 10.7. The third-order valence-corrected chi connectivity index (χ3v) is 8.25. The number of aliphatic hydroxyl groups is 2. The Kier molecular flexibility index (Phi) is 7.61. The molecule has 2 saturated carbocycles. The lowest BCUT2D eigenvalue weighted by atomic mass is 9.68. The van der Waals surface area contributed by atoms with E-state index < -0.39 is 11.7 Å². The van der Waals surface area contributed by atoms with Gasteiger partial charge >= 0.3 is 0 Å². The molecule has 2 aliphatic rings. The van der Waals surface area contributed by atoms with Gasteiger partial charge in [-0.2, -0.15) is 0 Å². The maximum Gasteiger partial charge on any atom is 0.0826 e. The Bertz CT molecular complexity index is 633. The summed E-state index contributed by atoms with van der Waals surface area (Å²) in [6.45, 7) is 15.1. The molecule has 0 saturated heterocycles. The lowest BCUT2D eigenvalue weighted by molar-refractivity contribution is 0.0212. The Hall–Kier alpha value is -0.380. The molecule has 0 aromatic carbocycles. The molecule has 0 aliphatic heterocycles. The molecule has 6 unspecified atom stereocenters. The van der Waals surface area contributed by atoms with E-state index in [-0.39, 0.29) is 10.7 Å². The fraction of sp³-hybridized carbons (Fsp3) is 0.750. The molecular formula is C24H39BrO2. The first-order chi connectivity index (χ1) is 12.5. The van der Waals surface area contributed by atoms with E-state index in [0.717, 1.165) is 25.7 Å². The summed E-state index contributed by atoms with van der Waals surface area (Å²) in [5.41, 5.74) is 6.19. The maximum absolute atomic E-state index is 11.3. The number of hydrogen-bond donors (Lipinski definition) is 2. The first kappa shape index (κ1) is 22.9. The van der Waals surface area contributed by atoms with Crippen LogP contribution in [-0.2, 0) is 0 Å². The number of alkyl halides is 1. The normalized spacial score (nSPS) is 36.6. The predicted molar refractivity (Wildman–Crippen MR) is 119 cm³/mol. The largest absolute Gasteiger partial charge is 0.389 e. The first-order valence-electron chi connectivity index (χ1n) is 10.5. The molecule has 0 amide bonds. The summed E-state index contributed by atoms with van der Waals surface area (Å²) in [5, 5.41) is 21.7. The van der Waals surface area contributed by atoms with Gasteiger partial charge in [-0.25, -0.2) is 0 Å². The minimum atomic E-state index is -0.626. The molecule has 2 aliphatic carbocycles. The highest BCUT2D eigenvalue weighted by atomic mass is 79.9. The van der Waals surface area contributed by atoms with E-state index in [1.54, 1.807) is 0 Å². The highest BCUT2D eigenvalue weighted by molar-refractivity contribution is 9.09. The molecule has 0 aromatic heterocycles. The Morgan fingerprint density at radius 2 is 1.78 bits per heavy atom. The Labute approximate surface area is 175 Å². The molecule has 0 bridgehead atoms. The van der Waals surface area contributed by atoms with Crippen molar-refractivity contribution >= 4 is 15.9 Å². The average molecular weight is 439 g/mol. The van der Waals surface area contributed by atoms with Crippen molar-refractivity contribution in [3.63, 3.8) is 0 Å².